The molecule has 1 fully saturated rings. The van der Waals surface area contributed by atoms with Gasteiger partial charge in [0.1, 0.15) is 5.56 Å². The minimum absolute atomic E-state index is 0.0839. The molecular weight excluding hydrogens is 306 g/mol. The average Bonchev–Trinajstić information content (AvgIpc) is 2.83. The van der Waals surface area contributed by atoms with Gasteiger partial charge in [0.05, 0.1) is 5.75 Å². The molecule has 1 unspecified atom stereocenters. The first-order valence-corrected chi connectivity index (χ1v) is 8.92. The normalized spacial score (nSPS) is 18.9. The van der Waals surface area contributed by atoms with Gasteiger partial charge in [0.15, 0.2) is 0 Å². The van der Waals surface area contributed by atoms with E-state index in [1.807, 2.05) is 13.8 Å². The van der Waals surface area contributed by atoms with E-state index in [2.05, 4.69) is 4.98 Å². The Morgan fingerprint density at radius 1 is 1.45 bits per heavy atom. The number of aromatic amines is 1. The highest BCUT2D eigenvalue weighted by Gasteiger charge is 2.30. The van der Waals surface area contributed by atoms with Crippen LogP contribution in [0.25, 0.3) is 0 Å². The van der Waals surface area contributed by atoms with Crippen LogP contribution in [0.2, 0.25) is 0 Å². The van der Waals surface area contributed by atoms with E-state index in [1.54, 1.807) is 6.07 Å². The van der Waals surface area contributed by atoms with Crippen molar-refractivity contribution in [1.82, 2.24) is 9.88 Å². The second-order valence-corrected chi connectivity index (χ2v) is 7.71. The lowest BCUT2D eigenvalue weighted by molar-refractivity contribution is 0.0786. The summed E-state index contributed by atoms with van der Waals surface area (Å²) in [4.78, 5) is 28.6. The number of hydrogen-bond acceptors (Lipinski definition) is 4. The third kappa shape index (κ3) is 3.95. The van der Waals surface area contributed by atoms with Crippen LogP contribution >= 0.6 is 0 Å². The van der Waals surface area contributed by atoms with Gasteiger partial charge in [-0.1, -0.05) is 13.8 Å². The van der Waals surface area contributed by atoms with E-state index in [-0.39, 0.29) is 29.1 Å². The standard InChI is InChI=1S/C14H21N3O4S/c1-9(2)12-4-3-11(13(18)16-12)14(19)17-6-5-10(7-17)8-22(15,20)21/h3-4,9-10H,5-8H2,1-2H3,(H,16,18)(H2,15,20,21). The minimum atomic E-state index is -3.55. The first kappa shape index (κ1) is 16.7. The summed E-state index contributed by atoms with van der Waals surface area (Å²) < 4.78 is 22.2. The fourth-order valence-corrected chi connectivity index (χ4v) is 3.58. The van der Waals surface area contributed by atoms with Crippen molar-refractivity contribution in [3.8, 4) is 0 Å². The van der Waals surface area contributed by atoms with E-state index in [9.17, 15) is 18.0 Å². The minimum Gasteiger partial charge on any atom is -0.338 e. The molecule has 0 bridgehead atoms. The third-order valence-corrected chi connectivity index (χ3v) is 4.76. The Bertz CT molecular complexity index is 724. The smallest absolute Gasteiger partial charge is 0.261 e. The van der Waals surface area contributed by atoms with Gasteiger partial charge in [-0.3, -0.25) is 9.59 Å². The molecule has 0 aliphatic carbocycles. The SMILES string of the molecule is CC(C)c1ccc(C(=O)N2CCC(CS(N)(=O)=O)C2)c(=O)[nH]1. The van der Waals surface area contributed by atoms with Crippen molar-refractivity contribution in [2.75, 3.05) is 18.8 Å². The number of rotatable bonds is 4. The summed E-state index contributed by atoms with van der Waals surface area (Å²) in [6.45, 7) is 4.64. The number of carbonyl (C=O) groups excluding carboxylic acids is 1. The zero-order valence-corrected chi connectivity index (χ0v) is 13.5. The lowest BCUT2D eigenvalue weighted by atomic mass is 10.1. The molecular formula is C14H21N3O4S. The first-order chi connectivity index (χ1) is 10.2. The van der Waals surface area contributed by atoms with Gasteiger partial charge in [-0.25, -0.2) is 13.6 Å². The van der Waals surface area contributed by atoms with Gasteiger partial charge in [0.25, 0.3) is 11.5 Å². The molecule has 1 aliphatic rings. The zero-order chi connectivity index (χ0) is 16.5. The molecule has 22 heavy (non-hydrogen) atoms. The van der Waals surface area contributed by atoms with Crippen molar-refractivity contribution in [2.45, 2.75) is 26.2 Å². The Labute approximate surface area is 129 Å². The molecule has 1 aromatic heterocycles. The third-order valence-electron chi connectivity index (χ3n) is 3.83. The van der Waals surface area contributed by atoms with E-state index in [0.29, 0.717) is 19.5 Å². The largest absolute Gasteiger partial charge is 0.338 e. The number of likely N-dealkylation sites (tertiary alicyclic amines) is 1. The van der Waals surface area contributed by atoms with Crippen molar-refractivity contribution in [3.05, 3.63) is 33.7 Å². The summed E-state index contributed by atoms with van der Waals surface area (Å²) in [6, 6.07) is 3.26. The molecule has 8 heteroatoms. The molecule has 1 atom stereocenters. The molecule has 1 aliphatic heterocycles. The van der Waals surface area contributed by atoms with Gasteiger partial charge < -0.3 is 9.88 Å². The molecule has 7 nitrogen and oxygen atoms in total. The fourth-order valence-electron chi connectivity index (χ4n) is 2.65. The molecule has 0 aromatic carbocycles. The Morgan fingerprint density at radius 3 is 2.68 bits per heavy atom. The van der Waals surface area contributed by atoms with E-state index in [1.165, 1.54) is 11.0 Å². The molecule has 3 N–H and O–H groups in total. The highest BCUT2D eigenvalue weighted by atomic mass is 32.2. The maximum Gasteiger partial charge on any atom is 0.261 e. The Kier molecular flexibility index (Phi) is 4.72. The molecule has 2 heterocycles. The molecule has 0 radical (unpaired) electrons. The molecule has 1 saturated heterocycles. The van der Waals surface area contributed by atoms with Crippen LogP contribution in [0.1, 0.15) is 42.2 Å². The maximum absolute atomic E-state index is 12.4. The first-order valence-electron chi connectivity index (χ1n) is 7.20. The van der Waals surface area contributed by atoms with Gasteiger partial charge >= 0.3 is 0 Å². The van der Waals surface area contributed by atoms with Crippen LogP contribution < -0.4 is 10.7 Å². The topological polar surface area (TPSA) is 113 Å². The number of sulfonamides is 1. The number of amides is 1. The van der Waals surface area contributed by atoms with Crippen LogP contribution in [0.3, 0.4) is 0 Å². The number of aromatic nitrogens is 1. The predicted octanol–water partition coefficient (Wildman–Crippen LogP) is 0.249. The predicted molar refractivity (Wildman–Crippen MR) is 83.1 cm³/mol. The lowest BCUT2D eigenvalue weighted by Crippen LogP contribution is -2.34. The number of hydrogen-bond donors (Lipinski definition) is 2. The molecule has 0 spiro atoms. The Morgan fingerprint density at radius 2 is 2.14 bits per heavy atom. The van der Waals surface area contributed by atoms with Crippen molar-refractivity contribution in [2.24, 2.45) is 11.1 Å². The summed E-state index contributed by atoms with van der Waals surface area (Å²) in [5.74, 6) is -0.511. The summed E-state index contributed by atoms with van der Waals surface area (Å²) in [7, 11) is -3.55. The number of primary sulfonamides is 1. The van der Waals surface area contributed by atoms with Crippen molar-refractivity contribution >= 4 is 15.9 Å². The molecule has 0 saturated carbocycles. The number of nitrogens with zero attached hydrogens (tertiary/aromatic N) is 1. The van der Waals surface area contributed by atoms with Gasteiger partial charge in [-0.2, -0.15) is 0 Å². The molecule has 122 valence electrons. The second-order valence-electron chi connectivity index (χ2n) is 6.05. The van der Waals surface area contributed by atoms with E-state index < -0.39 is 15.6 Å². The number of nitrogens with two attached hydrogens (primary N) is 1. The van der Waals surface area contributed by atoms with Gasteiger partial charge in [-0.15, -0.1) is 0 Å². The monoisotopic (exact) mass is 327 g/mol. The summed E-state index contributed by atoms with van der Waals surface area (Å²) in [6.07, 6.45) is 0.574. The summed E-state index contributed by atoms with van der Waals surface area (Å²) >= 11 is 0. The second kappa shape index (κ2) is 6.21. The Hall–Kier alpha value is -1.67. The summed E-state index contributed by atoms with van der Waals surface area (Å²) in [5, 5.41) is 5.03. The van der Waals surface area contributed by atoms with E-state index in [0.717, 1.165) is 5.69 Å². The lowest BCUT2D eigenvalue weighted by Gasteiger charge is -2.16. The quantitative estimate of drug-likeness (QED) is 0.825. The zero-order valence-electron chi connectivity index (χ0n) is 12.7. The van der Waals surface area contributed by atoms with Crippen LogP contribution in [-0.4, -0.2) is 43.1 Å². The average molecular weight is 327 g/mol. The number of pyridine rings is 1. The molecule has 1 aromatic rings. The fraction of sp³-hybridized carbons (Fsp3) is 0.571. The van der Waals surface area contributed by atoms with Crippen molar-refractivity contribution in [1.29, 1.82) is 0 Å². The van der Waals surface area contributed by atoms with Gasteiger partial charge in [0.2, 0.25) is 10.0 Å². The van der Waals surface area contributed by atoms with Crippen molar-refractivity contribution in [3.63, 3.8) is 0 Å². The highest BCUT2D eigenvalue weighted by molar-refractivity contribution is 7.89. The highest BCUT2D eigenvalue weighted by Crippen LogP contribution is 2.19. The number of nitrogens with one attached hydrogen (secondary N) is 1. The van der Waals surface area contributed by atoms with Crippen LogP contribution in [0.5, 0.6) is 0 Å². The maximum atomic E-state index is 12.4. The molecule has 2 rings (SSSR count). The van der Waals surface area contributed by atoms with E-state index >= 15 is 0 Å². The van der Waals surface area contributed by atoms with Crippen LogP contribution in [0.4, 0.5) is 0 Å². The Balaban J connectivity index is 2.12. The van der Waals surface area contributed by atoms with Gasteiger partial charge in [-0.05, 0) is 30.4 Å². The molecule has 1 amide bonds. The summed E-state index contributed by atoms with van der Waals surface area (Å²) in [5.41, 5.74) is 0.446. The number of carbonyl (C=O) groups is 1. The van der Waals surface area contributed by atoms with Crippen LogP contribution in [0.15, 0.2) is 16.9 Å². The van der Waals surface area contributed by atoms with Crippen LogP contribution in [-0.2, 0) is 10.0 Å². The van der Waals surface area contributed by atoms with Crippen molar-refractivity contribution < 1.29 is 13.2 Å². The van der Waals surface area contributed by atoms with E-state index in [4.69, 9.17) is 5.14 Å². The van der Waals surface area contributed by atoms with Gasteiger partial charge in [0, 0.05) is 18.8 Å². The number of H-pyrrole nitrogens is 1. The van der Waals surface area contributed by atoms with Crippen LogP contribution in [0, 0.1) is 5.92 Å².